The summed E-state index contributed by atoms with van der Waals surface area (Å²) < 4.78 is 35.6. The zero-order valence-corrected chi connectivity index (χ0v) is 13.8. The molecule has 1 atom stereocenters. The van der Waals surface area contributed by atoms with Gasteiger partial charge in [0.1, 0.15) is 11.0 Å². The van der Waals surface area contributed by atoms with Crippen LogP contribution < -0.4 is 4.74 Å². The van der Waals surface area contributed by atoms with Gasteiger partial charge in [-0.05, 0) is 36.3 Å². The lowest BCUT2D eigenvalue weighted by Crippen LogP contribution is -2.36. The Labute approximate surface area is 137 Å². The summed E-state index contributed by atoms with van der Waals surface area (Å²) in [4.78, 5) is 1.94. The summed E-state index contributed by atoms with van der Waals surface area (Å²) >= 11 is 0. The Hall–Kier alpha value is -1.95. The molecule has 0 radical (unpaired) electrons. The van der Waals surface area contributed by atoms with Crippen LogP contribution in [0.2, 0.25) is 0 Å². The maximum Gasteiger partial charge on any atom is 0.165 e. The van der Waals surface area contributed by atoms with Crippen molar-refractivity contribution in [3.05, 3.63) is 47.9 Å². The van der Waals surface area contributed by atoms with Crippen LogP contribution >= 0.6 is 0 Å². The third-order valence-corrected chi connectivity index (χ3v) is 4.64. The molecular weight excluding hydrogens is 315 g/mol. The van der Waals surface area contributed by atoms with Crippen LogP contribution in [0.5, 0.6) is 5.75 Å². The first-order valence-corrected chi connectivity index (χ1v) is 9.02. The Bertz CT molecular complexity index is 713. The molecule has 0 fully saturated rings. The smallest absolute Gasteiger partial charge is 0.165 e. The van der Waals surface area contributed by atoms with E-state index in [-0.39, 0.29) is 5.75 Å². The molecule has 0 amide bonds. The highest BCUT2D eigenvalue weighted by molar-refractivity contribution is 7.83. The Balaban J connectivity index is 1.86. The lowest BCUT2D eigenvalue weighted by Gasteiger charge is -2.29. The molecule has 1 unspecified atom stereocenters. The third-order valence-electron chi connectivity index (χ3n) is 3.74. The normalized spacial score (nSPS) is 19.9. The standard InChI is InChI=1S/C17H19FN2O2S/c1-2-3-10-22-16-7-6-13(12-15(16)18)14-5-4-8-20-9-11-23(21)19-17(14)20/h4-8,12H,2-3,9-11H2,1H3. The fraction of sp³-hybridized carbons (Fsp3) is 0.353. The zero-order chi connectivity index (χ0) is 16.2. The van der Waals surface area contributed by atoms with Gasteiger partial charge in [-0.15, -0.1) is 0 Å². The molecule has 4 nitrogen and oxygen atoms in total. The minimum atomic E-state index is -1.22. The first-order valence-electron chi connectivity index (χ1n) is 7.74. The third kappa shape index (κ3) is 3.52. The van der Waals surface area contributed by atoms with Gasteiger partial charge in [0.05, 0.1) is 12.4 Å². The van der Waals surface area contributed by atoms with E-state index in [1.165, 1.54) is 6.07 Å². The molecule has 23 heavy (non-hydrogen) atoms. The van der Waals surface area contributed by atoms with Crippen LogP contribution in [0.4, 0.5) is 4.39 Å². The Morgan fingerprint density at radius 1 is 1.43 bits per heavy atom. The van der Waals surface area contributed by atoms with Crippen molar-refractivity contribution < 1.29 is 13.3 Å². The summed E-state index contributed by atoms with van der Waals surface area (Å²) in [6.45, 7) is 3.23. The molecule has 6 heteroatoms. The second kappa shape index (κ2) is 7.08. The van der Waals surface area contributed by atoms with E-state index < -0.39 is 16.8 Å². The lowest BCUT2D eigenvalue weighted by atomic mass is 10.0. The average molecular weight is 334 g/mol. The molecule has 1 aromatic carbocycles. The summed E-state index contributed by atoms with van der Waals surface area (Å²) in [6.07, 6.45) is 7.56. The minimum absolute atomic E-state index is 0.264. The number of unbranched alkanes of at least 4 members (excludes halogenated alkanes) is 1. The molecule has 3 rings (SSSR count). The second-order valence-electron chi connectivity index (χ2n) is 5.40. The quantitative estimate of drug-likeness (QED) is 0.776. The highest BCUT2D eigenvalue weighted by atomic mass is 32.2. The number of halogens is 1. The maximum atomic E-state index is 14.2. The molecular formula is C17H19FN2O2S. The predicted octanol–water partition coefficient (Wildman–Crippen LogP) is 3.29. The van der Waals surface area contributed by atoms with Gasteiger partial charge in [0.15, 0.2) is 17.4 Å². The van der Waals surface area contributed by atoms with Crippen molar-refractivity contribution in [3.8, 4) is 5.75 Å². The van der Waals surface area contributed by atoms with Crippen LogP contribution in [0.1, 0.15) is 25.3 Å². The monoisotopic (exact) mass is 334 g/mol. The van der Waals surface area contributed by atoms with Crippen molar-refractivity contribution >= 4 is 22.4 Å². The summed E-state index contributed by atoms with van der Waals surface area (Å²) in [7, 11) is -1.22. The molecule has 0 bridgehead atoms. The largest absolute Gasteiger partial charge is 0.491 e. The summed E-state index contributed by atoms with van der Waals surface area (Å²) in [6, 6.07) is 4.91. The zero-order valence-electron chi connectivity index (χ0n) is 13.0. The molecule has 0 N–H and O–H groups in total. The van der Waals surface area contributed by atoms with Gasteiger partial charge in [0.2, 0.25) is 0 Å². The second-order valence-corrected chi connectivity index (χ2v) is 6.64. The van der Waals surface area contributed by atoms with Gasteiger partial charge in [-0.25, -0.2) is 8.60 Å². The fourth-order valence-electron chi connectivity index (χ4n) is 2.48. The van der Waals surface area contributed by atoms with Gasteiger partial charge >= 0.3 is 0 Å². The van der Waals surface area contributed by atoms with Crippen molar-refractivity contribution in [1.29, 1.82) is 0 Å². The van der Waals surface area contributed by atoms with E-state index in [0.29, 0.717) is 30.3 Å². The number of ether oxygens (including phenoxy) is 1. The highest BCUT2D eigenvalue weighted by Crippen LogP contribution is 2.28. The Morgan fingerprint density at radius 2 is 2.30 bits per heavy atom. The molecule has 2 heterocycles. The average Bonchev–Trinajstić information content (AvgIpc) is 2.56. The first kappa shape index (κ1) is 15.9. The lowest BCUT2D eigenvalue weighted by molar-refractivity contribution is 0.294. The number of amidine groups is 1. The minimum Gasteiger partial charge on any atom is -0.491 e. The number of hydrogen-bond donors (Lipinski definition) is 0. The van der Waals surface area contributed by atoms with E-state index in [0.717, 1.165) is 18.4 Å². The number of allylic oxidation sites excluding steroid dienone is 2. The van der Waals surface area contributed by atoms with Crippen LogP contribution in [-0.4, -0.2) is 33.8 Å². The Morgan fingerprint density at radius 3 is 3.09 bits per heavy atom. The molecule has 1 aromatic rings. The Kier molecular flexibility index (Phi) is 4.91. The molecule has 0 saturated carbocycles. The number of fused-ring (bicyclic) bond motifs is 1. The van der Waals surface area contributed by atoms with E-state index >= 15 is 0 Å². The van der Waals surface area contributed by atoms with Gasteiger partial charge in [0, 0.05) is 18.3 Å². The van der Waals surface area contributed by atoms with Crippen LogP contribution in [0, 0.1) is 5.82 Å². The van der Waals surface area contributed by atoms with E-state index in [9.17, 15) is 8.60 Å². The SMILES string of the molecule is CCCCOc1ccc(C2=CC=CN3CCS(=O)N=C23)cc1F. The van der Waals surface area contributed by atoms with Crippen LogP contribution in [0.15, 0.2) is 40.9 Å². The molecule has 122 valence electrons. The van der Waals surface area contributed by atoms with E-state index in [4.69, 9.17) is 4.74 Å². The topological polar surface area (TPSA) is 41.9 Å². The maximum absolute atomic E-state index is 14.2. The molecule has 0 saturated heterocycles. The van der Waals surface area contributed by atoms with Gasteiger partial charge < -0.3 is 9.64 Å². The van der Waals surface area contributed by atoms with Crippen molar-refractivity contribution in [2.24, 2.45) is 4.40 Å². The van der Waals surface area contributed by atoms with Crippen LogP contribution in [0.25, 0.3) is 5.57 Å². The fourth-order valence-corrected chi connectivity index (χ4v) is 3.32. The van der Waals surface area contributed by atoms with E-state index in [1.807, 2.05) is 29.3 Å². The van der Waals surface area contributed by atoms with Gasteiger partial charge in [-0.2, -0.15) is 4.40 Å². The van der Waals surface area contributed by atoms with Crippen molar-refractivity contribution in [2.45, 2.75) is 19.8 Å². The predicted molar refractivity (Wildman–Crippen MR) is 91.1 cm³/mol. The molecule has 0 spiro atoms. The van der Waals surface area contributed by atoms with Gasteiger partial charge in [-0.1, -0.05) is 19.4 Å². The highest BCUT2D eigenvalue weighted by Gasteiger charge is 2.24. The van der Waals surface area contributed by atoms with E-state index in [2.05, 4.69) is 11.3 Å². The molecule has 0 aliphatic carbocycles. The van der Waals surface area contributed by atoms with Crippen LogP contribution in [-0.2, 0) is 11.0 Å². The molecule has 0 aromatic heterocycles. The number of hydrogen-bond acceptors (Lipinski definition) is 3. The summed E-state index contributed by atoms with van der Waals surface area (Å²) in [5, 5.41) is 0. The number of nitrogens with zero attached hydrogens (tertiary/aromatic N) is 2. The van der Waals surface area contributed by atoms with E-state index in [1.54, 1.807) is 6.07 Å². The molecule has 2 aliphatic heterocycles. The first-order chi connectivity index (χ1) is 11.2. The number of rotatable bonds is 5. The van der Waals surface area contributed by atoms with Gasteiger partial charge in [0.25, 0.3) is 0 Å². The van der Waals surface area contributed by atoms with Crippen molar-refractivity contribution in [3.63, 3.8) is 0 Å². The number of benzene rings is 1. The van der Waals surface area contributed by atoms with Crippen molar-refractivity contribution in [2.75, 3.05) is 18.9 Å². The van der Waals surface area contributed by atoms with Crippen LogP contribution in [0.3, 0.4) is 0 Å². The summed E-state index contributed by atoms with van der Waals surface area (Å²) in [5.41, 5.74) is 1.48. The van der Waals surface area contributed by atoms with Crippen molar-refractivity contribution in [1.82, 2.24) is 4.90 Å². The summed E-state index contributed by atoms with van der Waals surface area (Å²) in [5.74, 6) is 1.02. The molecule has 2 aliphatic rings. The van der Waals surface area contributed by atoms with Gasteiger partial charge in [-0.3, -0.25) is 0 Å².